The molecule has 0 radical (unpaired) electrons. The first-order chi connectivity index (χ1) is 11.2. The van der Waals surface area contributed by atoms with Gasteiger partial charge in [0.1, 0.15) is 5.75 Å². The molecular formula is C18H29N3O2. The Morgan fingerprint density at radius 1 is 1.09 bits per heavy atom. The summed E-state index contributed by atoms with van der Waals surface area (Å²) in [6.45, 7) is 12.6. The Hall–Kier alpha value is -1.75. The molecule has 1 aliphatic rings. The summed E-state index contributed by atoms with van der Waals surface area (Å²) in [7, 11) is 0. The molecule has 0 atom stereocenters. The molecule has 1 saturated heterocycles. The maximum absolute atomic E-state index is 12.4. The summed E-state index contributed by atoms with van der Waals surface area (Å²) in [5.74, 6) is 0.969. The molecule has 1 heterocycles. The Morgan fingerprint density at radius 2 is 1.74 bits per heavy atom. The predicted molar refractivity (Wildman–Crippen MR) is 92.8 cm³/mol. The summed E-state index contributed by atoms with van der Waals surface area (Å²) in [6, 6.07) is 8.38. The largest absolute Gasteiger partial charge is 0.494 e. The number of piperazine rings is 1. The molecule has 0 aromatic heterocycles. The van der Waals surface area contributed by atoms with Crippen molar-refractivity contribution in [2.75, 3.05) is 45.9 Å². The highest BCUT2D eigenvalue weighted by atomic mass is 16.5. The lowest BCUT2D eigenvalue weighted by Crippen LogP contribution is -2.52. The number of rotatable bonds is 6. The van der Waals surface area contributed by atoms with Gasteiger partial charge in [-0.05, 0) is 26.8 Å². The molecule has 0 aliphatic carbocycles. The van der Waals surface area contributed by atoms with Gasteiger partial charge in [0.2, 0.25) is 0 Å². The summed E-state index contributed by atoms with van der Waals surface area (Å²) in [4.78, 5) is 18.6. The normalized spacial score (nSPS) is 15.5. The van der Waals surface area contributed by atoms with Gasteiger partial charge in [-0.1, -0.05) is 18.2 Å². The fourth-order valence-corrected chi connectivity index (χ4v) is 2.96. The van der Waals surface area contributed by atoms with Gasteiger partial charge in [-0.3, -0.25) is 4.90 Å². The second kappa shape index (κ2) is 8.77. The first-order valence-corrected chi connectivity index (χ1v) is 8.66. The first kappa shape index (κ1) is 17.6. The van der Waals surface area contributed by atoms with Crippen molar-refractivity contribution in [2.24, 2.45) is 0 Å². The fraction of sp³-hybridized carbons (Fsp3) is 0.611. The van der Waals surface area contributed by atoms with Crippen LogP contribution < -0.4 is 4.74 Å². The molecule has 2 rings (SSSR count). The number of para-hydroxylation sites is 1. The van der Waals surface area contributed by atoms with Crippen molar-refractivity contribution in [1.29, 1.82) is 0 Å². The number of benzene rings is 1. The minimum Gasteiger partial charge on any atom is -0.494 e. The van der Waals surface area contributed by atoms with Crippen LogP contribution in [0.2, 0.25) is 0 Å². The van der Waals surface area contributed by atoms with Gasteiger partial charge in [0.05, 0.1) is 6.61 Å². The molecule has 1 aliphatic heterocycles. The van der Waals surface area contributed by atoms with E-state index in [1.54, 1.807) is 0 Å². The number of nitrogens with zero attached hydrogens (tertiary/aromatic N) is 3. The van der Waals surface area contributed by atoms with Crippen molar-refractivity contribution < 1.29 is 9.53 Å². The average molecular weight is 319 g/mol. The van der Waals surface area contributed by atoms with Crippen LogP contribution in [-0.2, 0) is 6.54 Å². The molecular weight excluding hydrogens is 290 g/mol. The SMILES string of the molecule is CCOc1ccccc1CN1CCN(C(=O)N(CC)CC)CC1. The van der Waals surface area contributed by atoms with E-state index in [1.165, 1.54) is 5.56 Å². The van der Waals surface area contributed by atoms with E-state index in [1.807, 2.05) is 42.7 Å². The van der Waals surface area contributed by atoms with Crippen LogP contribution in [-0.4, -0.2) is 66.6 Å². The van der Waals surface area contributed by atoms with Crippen LogP contribution >= 0.6 is 0 Å². The monoisotopic (exact) mass is 319 g/mol. The maximum atomic E-state index is 12.4. The molecule has 1 aromatic rings. The molecule has 0 unspecified atom stereocenters. The summed E-state index contributed by atoms with van der Waals surface area (Å²) in [5, 5.41) is 0. The lowest BCUT2D eigenvalue weighted by molar-refractivity contribution is 0.111. The molecule has 0 N–H and O–H groups in total. The molecule has 1 aromatic carbocycles. The standard InChI is InChI=1S/C18H29N3O2/c1-4-20(5-2)18(22)21-13-11-19(12-14-21)15-16-9-7-8-10-17(16)23-6-3/h7-10H,4-6,11-15H2,1-3H3. The zero-order chi connectivity index (χ0) is 16.7. The number of carbonyl (C=O) groups is 1. The van der Waals surface area contributed by atoms with Gasteiger partial charge in [-0.15, -0.1) is 0 Å². The maximum Gasteiger partial charge on any atom is 0.320 e. The van der Waals surface area contributed by atoms with E-state index in [0.717, 1.165) is 51.6 Å². The molecule has 0 saturated carbocycles. The van der Waals surface area contributed by atoms with Crippen molar-refractivity contribution in [2.45, 2.75) is 27.3 Å². The predicted octanol–water partition coefficient (Wildman–Crippen LogP) is 2.66. The highest BCUT2D eigenvalue weighted by molar-refractivity contribution is 5.74. The van der Waals surface area contributed by atoms with Crippen LogP contribution in [0.25, 0.3) is 0 Å². The van der Waals surface area contributed by atoms with Crippen LogP contribution in [0.3, 0.4) is 0 Å². The van der Waals surface area contributed by atoms with Gasteiger partial charge in [0.25, 0.3) is 0 Å². The van der Waals surface area contributed by atoms with Gasteiger partial charge in [-0.25, -0.2) is 4.79 Å². The first-order valence-electron chi connectivity index (χ1n) is 8.66. The number of hydrogen-bond acceptors (Lipinski definition) is 3. The third-order valence-corrected chi connectivity index (χ3v) is 4.34. The van der Waals surface area contributed by atoms with Crippen molar-refractivity contribution in [3.05, 3.63) is 29.8 Å². The van der Waals surface area contributed by atoms with Crippen molar-refractivity contribution >= 4 is 6.03 Å². The average Bonchev–Trinajstić information content (AvgIpc) is 2.58. The Bertz CT molecular complexity index is 495. The molecule has 0 bridgehead atoms. The van der Waals surface area contributed by atoms with E-state index in [2.05, 4.69) is 17.0 Å². The van der Waals surface area contributed by atoms with Gasteiger partial charge in [-0.2, -0.15) is 0 Å². The molecule has 2 amide bonds. The van der Waals surface area contributed by atoms with Gasteiger partial charge in [0.15, 0.2) is 0 Å². The third kappa shape index (κ3) is 4.61. The number of amides is 2. The van der Waals surface area contributed by atoms with Crippen LogP contribution in [0.5, 0.6) is 5.75 Å². The molecule has 5 heteroatoms. The quantitative estimate of drug-likeness (QED) is 0.809. The number of carbonyl (C=O) groups excluding carboxylic acids is 1. The number of hydrogen-bond donors (Lipinski definition) is 0. The van der Waals surface area contributed by atoms with Gasteiger partial charge in [0, 0.05) is 51.4 Å². The molecule has 5 nitrogen and oxygen atoms in total. The second-order valence-electron chi connectivity index (χ2n) is 5.76. The van der Waals surface area contributed by atoms with Gasteiger partial charge < -0.3 is 14.5 Å². The van der Waals surface area contributed by atoms with Crippen LogP contribution in [0.1, 0.15) is 26.3 Å². The van der Waals surface area contributed by atoms with Crippen LogP contribution in [0.4, 0.5) is 4.79 Å². The van der Waals surface area contributed by atoms with Crippen molar-refractivity contribution in [1.82, 2.24) is 14.7 Å². The summed E-state index contributed by atoms with van der Waals surface area (Å²) in [6.07, 6.45) is 0. The van der Waals surface area contributed by atoms with E-state index in [9.17, 15) is 4.79 Å². The van der Waals surface area contributed by atoms with E-state index < -0.39 is 0 Å². The molecule has 128 valence electrons. The van der Waals surface area contributed by atoms with E-state index in [0.29, 0.717) is 6.61 Å². The van der Waals surface area contributed by atoms with Crippen LogP contribution in [0, 0.1) is 0 Å². The number of ether oxygens (including phenoxy) is 1. The van der Waals surface area contributed by atoms with Crippen LogP contribution in [0.15, 0.2) is 24.3 Å². The van der Waals surface area contributed by atoms with E-state index >= 15 is 0 Å². The summed E-state index contributed by atoms with van der Waals surface area (Å²) < 4.78 is 5.70. The van der Waals surface area contributed by atoms with E-state index in [4.69, 9.17) is 4.74 Å². The minimum absolute atomic E-state index is 0.171. The lowest BCUT2D eigenvalue weighted by atomic mass is 10.1. The smallest absolute Gasteiger partial charge is 0.320 e. The zero-order valence-electron chi connectivity index (χ0n) is 14.6. The fourth-order valence-electron chi connectivity index (χ4n) is 2.96. The van der Waals surface area contributed by atoms with Gasteiger partial charge >= 0.3 is 6.03 Å². The Morgan fingerprint density at radius 3 is 2.35 bits per heavy atom. The van der Waals surface area contributed by atoms with Crippen molar-refractivity contribution in [3.8, 4) is 5.75 Å². The Kier molecular flexibility index (Phi) is 6.71. The number of urea groups is 1. The highest BCUT2D eigenvalue weighted by Crippen LogP contribution is 2.20. The topological polar surface area (TPSA) is 36.0 Å². The third-order valence-electron chi connectivity index (χ3n) is 4.34. The van der Waals surface area contributed by atoms with E-state index in [-0.39, 0.29) is 6.03 Å². The Balaban J connectivity index is 1.89. The summed E-state index contributed by atoms with van der Waals surface area (Å²) >= 11 is 0. The van der Waals surface area contributed by atoms with Crippen molar-refractivity contribution in [3.63, 3.8) is 0 Å². The zero-order valence-corrected chi connectivity index (χ0v) is 14.6. The summed E-state index contributed by atoms with van der Waals surface area (Å²) in [5.41, 5.74) is 1.22. The second-order valence-corrected chi connectivity index (χ2v) is 5.76. The Labute approximate surface area is 139 Å². The molecule has 0 spiro atoms. The minimum atomic E-state index is 0.171. The molecule has 1 fully saturated rings. The highest BCUT2D eigenvalue weighted by Gasteiger charge is 2.24. The lowest BCUT2D eigenvalue weighted by Gasteiger charge is -2.37. The molecule has 23 heavy (non-hydrogen) atoms.